The van der Waals surface area contributed by atoms with Crippen LogP contribution in [0, 0.1) is 6.92 Å². The first kappa shape index (κ1) is 21.1. The van der Waals surface area contributed by atoms with Crippen LogP contribution in [0.15, 0.2) is 18.2 Å². The number of aromatic nitrogens is 3. The highest BCUT2D eigenvalue weighted by Gasteiger charge is 2.25. The third-order valence-electron chi connectivity index (χ3n) is 5.16. The fourth-order valence-corrected chi connectivity index (χ4v) is 3.99. The molecule has 0 fully saturated rings. The summed E-state index contributed by atoms with van der Waals surface area (Å²) in [6.45, 7) is 6.82. The fraction of sp³-hybridized carbons (Fsp3) is 0.364. The molecule has 0 amide bonds. The molecule has 3 heterocycles. The van der Waals surface area contributed by atoms with Gasteiger partial charge in [-0.15, -0.1) is 0 Å². The molecular formula is C22H23ClN4O4. The highest BCUT2D eigenvalue weighted by Crippen LogP contribution is 2.42. The van der Waals surface area contributed by atoms with Crippen molar-refractivity contribution in [1.82, 2.24) is 14.6 Å². The average molecular weight is 443 g/mol. The number of aryl methyl sites for hydroxylation is 1. The molecule has 162 valence electrons. The van der Waals surface area contributed by atoms with Crippen molar-refractivity contribution in [2.75, 3.05) is 25.1 Å². The Labute approximate surface area is 184 Å². The Morgan fingerprint density at radius 1 is 1.32 bits per heavy atom. The van der Waals surface area contributed by atoms with Crippen LogP contribution in [0.25, 0.3) is 16.9 Å². The molecule has 0 saturated heterocycles. The molecule has 4 rings (SSSR count). The second-order valence-electron chi connectivity index (χ2n) is 7.16. The van der Waals surface area contributed by atoms with Crippen molar-refractivity contribution < 1.29 is 19.1 Å². The summed E-state index contributed by atoms with van der Waals surface area (Å²) in [7, 11) is 0. The minimum Gasteiger partial charge on any atom is -0.490 e. The summed E-state index contributed by atoms with van der Waals surface area (Å²) in [6.07, 6.45) is 0.334. The normalized spacial score (nSPS) is 12.8. The molecule has 0 aliphatic carbocycles. The number of esters is 1. The Kier molecular flexibility index (Phi) is 5.82. The second kappa shape index (κ2) is 8.55. The standard InChI is InChI=1S/C22H23ClN4O4/c1-4-16(28)15-11-18-25-12(3)14(10-19(29)30-5-2)22(27(18)26-15)13-6-7-17-21(20(13)23)24-8-9-31-17/h6-7,11,24H,4-5,8-10H2,1-3H3. The number of hydrogen-bond acceptors (Lipinski definition) is 7. The van der Waals surface area contributed by atoms with E-state index in [0.717, 1.165) is 0 Å². The Morgan fingerprint density at radius 3 is 2.87 bits per heavy atom. The first-order chi connectivity index (χ1) is 14.9. The van der Waals surface area contributed by atoms with Crippen LogP contribution >= 0.6 is 11.6 Å². The predicted molar refractivity (Wildman–Crippen MR) is 117 cm³/mol. The minimum atomic E-state index is -0.374. The van der Waals surface area contributed by atoms with E-state index < -0.39 is 0 Å². The lowest BCUT2D eigenvalue weighted by atomic mass is 10.0. The van der Waals surface area contributed by atoms with Gasteiger partial charge in [0.1, 0.15) is 18.1 Å². The number of Topliss-reactive ketones (excluding diaryl/α,β-unsaturated/α-hetero) is 1. The zero-order valence-electron chi connectivity index (χ0n) is 17.6. The van der Waals surface area contributed by atoms with E-state index in [1.54, 1.807) is 24.4 Å². The number of hydrogen-bond donors (Lipinski definition) is 1. The number of ether oxygens (including phenoxy) is 2. The molecule has 2 aromatic heterocycles. The van der Waals surface area contributed by atoms with E-state index in [4.69, 9.17) is 21.1 Å². The third kappa shape index (κ3) is 3.83. The number of anilines is 1. The van der Waals surface area contributed by atoms with Crippen LogP contribution < -0.4 is 10.1 Å². The summed E-state index contributed by atoms with van der Waals surface area (Å²) < 4.78 is 12.4. The number of carbonyl (C=O) groups excluding carboxylic acids is 2. The molecule has 1 aromatic carbocycles. The molecule has 0 atom stereocenters. The van der Waals surface area contributed by atoms with Crippen molar-refractivity contribution in [3.63, 3.8) is 0 Å². The number of benzene rings is 1. The number of ketones is 1. The predicted octanol–water partition coefficient (Wildman–Crippen LogP) is 3.86. The van der Waals surface area contributed by atoms with Gasteiger partial charge in [0, 0.05) is 35.9 Å². The molecule has 0 spiro atoms. The van der Waals surface area contributed by atoms with Crippen LogP contribution in [0.2, 0.25) is 5.02 Å². The van der Waals surface area contributed by atoms with Crippen LogP contribution in [-0.2, 0) is 16.0 Å². The van der Waals surface area contributed by atoms with Gasteiger partial charge in [0.05, 0.1) is 29.4 Å². The highest BCUT2D eigenvalue weighted by molar-refractivity contribution is 6.36. The lowest BCUT2D eigenvalue weighted by Crippen LogP contribution is -2.19. The van der Waals surface area contributed by atoms with Gasteiger partial charge in [-0.1, -0.05) is 18.5 Å². The summed E-state index contributed by atoms with van der Waals surface area (Å²) in [5.74, 6) is 0.199. The van der Waals surface area contributed by atoms with Gasteiger partial charge < -0.3 is 14.8 Å². The van der Waals surface area contributed by atoms with E-state index >= 15 is 0 Å². The first-order valence-electron chi connectivity index (χ1n) is 10.2. The fourth-order valence-electron chi connectivity index (χ4n) is 3.68. The summed E-state index contributed by atoms with van der Waals surface area (Å²) in [5, 5.41) is 8.23. The van der Waals surface area contributed by atoms with Gasteiger partial charge in [0.25, 0.3) is 0 Å². The van der Waals surface area contributed by atoms with Crippen molar-refractivity contribution in [3.8, 4) is 17.0 Å². The topological polar surface area (TPSA) is 94.8 Å². The summed E-state index contributed by atoms with van der Waals surface area (Å²) >= 11 is 6.79. The van der Waals surface area contributed by atoms with E-state index in [2.05, 4.69) is 15.4 Å². The first-order valence-corrected chi connectivity index (χ1v) is 10.6. The SMILES string of the molecule is CCOC(=O)Cc1c(C)nc2cc(C(=O)CC)nn2c1-c1ccc2c(c1Cl)NCCO2. The maximum absolute atomic E-state index is 12.4. The molecule has 1 aliphatic heterocycles. The van der Waals surface area contributed by atoms with Crippen LogP contribution in [0.4, 0.5) is 5.69 Å². The number of nitrogens with zero attached hydrogens (tertiary/aromatic N) is 3. The maximum Gasteiger partial charge on any atom is 0.310 e. The summed E-state index contributed by atoms with van der Waals surface area (Å²) in [4.78, 5) is 29.2. The van der Waals surface area contributed by atoms with Crippen molar-refractivity contribution in [1.29, 1.82) is 0 Å². The van der Waals surface area contributed by atoms with Gasteiger partial charge in [0.2, 0.25) is 0 Å². The van der Waals surface area contributed by atoms with Gasteiger partial charge in [-0.25, -0.2) is 9.50 Å². The molecule has 0 radical (unpaired) electrons. The molecular weight excluding hydrogens is 420 g/mol. The molecule has 1 N–H and O–H groups in total. The number of rotatable bonds is 6. The third-order valence-corrected chi connectivity index (χ3v) is 5.55. The van der Waals surface area contributed by atoms with Gasteiger partial charge in [-0.05, 0) is 26.0 Å². The van der Waals surface area contributed by atoms with Crippen molar-refractivity contribution in [2.24, 2.45) is 0 Å². The Balaban J connectivity index is 1.99. The van der Waals surface area contributed by atoms with Crippen LogP contribution in [-0.4, -0.2) is 46.1 Å². The lowest BCUT2D eigenvalue weighted by Gasteiger charge is -2.22. The Hall–Kier alpha value is -3.13. The monoisotopic (exact) mass is 442 g/mol. The molecule has 3 aromatic rings. The molecule has 31 heavy (non-hydrogen) atoms. The van der Waals surface area contributed by atoms with E-state index in [9.17, 15) is 9.59 Å². The largest absolute Gasteiger partial charge is 0.490 e. The van der Waals surface area contributed by atoms with E-state index in [-0.39, 0.29) is 24.8 Å². The summed E-state index contributed by atoms with van der Waals surface area (Å²) in [5.41, 5.74) is 4.06. The van der Waals surface area contributed by atoms with E-state index in [1.807, 2.05) is 19.1 Å². The minimum absolute atomic E-state index is 0.00616. The van der Waals surface area contributed by atoms with Crippen molar-refractivity contribution >= 4 is 34.7 Å². The number of carbonyl (C=O) groups is 2. The van der Waals surface area contributed by atoms with Crippen molar-refractivity contribution in [3.05, 3.63) is 40.2 Å². The average Bonchev–Trinajstić information content (AvgIpc) is 3.18. The quantitative estimate of drug-likeness (QED) is 0.457. The zero-order chi connectivity index (χ0) is 22.1. The van der Waals surface area contributed by atoms with E-state index in [0.29, 0.717) is 69.9 Å². The van der Waals surface area contributed by atoms with Gasteiger partial charge in [0.15, 0.2) is 11.4 Å². The molecule has 0 unspecified atom stereocenters. The number of halogens is 1. The molecule has 1 aliphatic rings. The molecule has 0 saturated carbocycles. The number of fused-ring (bicyclic) bond motifs is 2. The van der Waals surface area contributed by atoms with Crippen molar-refractivity contribution in [2.45, 2.75) is 33.6 Å². The Morgan fingerprint density at radius 2 is 2.13 bits per heavy atom. The molecule has 8 nitrogen and oxygen atoms in total. The highest BCUT2D eigenvalue weighted by atomic mass is 35.5. The smallest absolute Gasteiger partial charge is 0.310 e. The lowest BCUT2D eigenvalue weighted by molar-refractivity contribution is -0.142. The second-order valence-corrected chi connectivity index (χ2v) is 7.54. The van der Waals surface area contributed by atoms with Crippen LogP contribution in [0.5, 0.6) is 5.75 Å². The van der Waals surface area contributed by atoms with Gasteiger partial charge in [-0.3, -0.25) is 9.59 Å². The maximum atomic E-state index is 12.4. The van der Waals surface area contributed by atoms with Gasteiger partial charge >= 0.3 is 5.97 Å². The summed E-state index contributed by atoms with van der Waals surface area (Å²) in [6, 6.07) is 5.32. The zero-order valence-corrected chi connectivity index (χ0v) is 18.4. The molecule has 0 bridgehead atoms. The Bertz CT molecular complexity index is 1190. The molecule has 9 heteroatoms. The van der Waals surface area contributed by atoms with Gasteiger partial charge in [-0.2, -0.15) is 5.10 Å². The van der Waals surface area contributed by atoms with E-state index in [1.165, 1.54) is 0 Å². The van der Waals surface area contributed by atoms with Crippen LogP contribution in [0.1, 0.15) is 42.0 Å². The number of nitrogens with one attached hydrogen (secondary N) is 1. The van der Waals surface area contributed by atoms with Crippen LogP contribution in [0.3, 0.4) is 0 Å².